The third-order valence-electron chi connectivity index (χ3n) is 3.02. The summed E-state index contributed by atoms with van der Waals surface area (Å²) in [5.74, 6) is -4.11. The van der Waals surface area contributed by atoms with Crippen molar-refractivity contribution in [1.82, 2.24) is 5.32 Å². The lowest BCUT2D eigenvalue weighted by atomic mass is 10.1. The molecule has 0 aliphatic heterocycles. The summed E-state index contributed by atoms with van der Waals surface area (Å²) in [6.45, 7) is 0.468. The number of esters is 1. The maximum atomic E-state index is 12.2. The van der Waals surface area contributed by atoms with E-state index in [4.69, 9.17) is 33.0 Å². The Morgan fingerprint density at radius 2 is 1.78 bits per heavy atom. The summed E-state index contributed by atoms with van der Waals surface area (Å²) in [7, 11) is 0. The van der Waals surface area contributed by atoms with Crippen LogP contribution in [-0.2, 0) is 23.9 Å². The fourth-order valence-electron chi connectivity index (χ4n) is 1.83. The molecule has 0 heterocycles. The van der Waals surface area contributed by atoms with Gasteiger partial charge < -0.3 is 15.2 Å². The van der Waals surface area contributed by atoms with E-state index in [0.29, 0.717) is 11.8 Å². The van der Waals surface area contributed by atoms with Crippen LogP contribution in [0.3, 0.4) is 0 Å². The largest absolute Gasteiger partial charge is 0.481 e. The van der Waals surface area contributed by atoms with Crippen molar-refractivity contribution in [3.8, 4) is 0 Å². The second kappa shape index (κ2) is 10.9. The first-order valence-corrected chi connectivity index (χ1v) is 9.14. The van der Waals surface area contributed by atoms with Gasteiger partial charge in [-0.05, 0) is 12.1 Å². The van der Waals surface area contributed by atoms with Gasteiger partial charge in [0.25, 0.3) is 0 Å². The SMILES string of the molecule is CC(=O)SCC(=O)N[C@@H](CC(=O)O)C(=O)COC(=O)c1c(Cl)cccc1Cl. The lowest BCUT2D eigenvalue weighted by molar-refractivity contribution is -0.140. The molecule has 1 aromatic carbocycles. The minimum Gasteiger partial charge on any atom is -0.481 e. The van der Waals surface area contributed by atoms with Gasteiger partial charge >= 0.3 is 11.9 Å². The van der Waals surface area contributed by atoms with Crippen LogP contribution in [-0.4, -0.2) is 52.3 Å². The molecule has 0 fully saturated rings. The molecular weight excluding hydrogens is 421 g/mol. The van der Waals surface area contributed by atoms with Gasteiger partial charge in [-0.2, -0.15) is 0 Å². The number of carbonyl (C=O) groups is 5. The zero-order valence-electron chi connectivity index (χ0n) is 14.0. The third-order valence-corrected chi connectivity index (χ3v) is 4.46. The summed E-state index contributed by atoms with van der Waals surface area (Å²) in [4.78, 5) is 57.7. The highest BCUT2D eigenvalue weighted by molar-refractivity contribution is 8.14. The van der Waals surface area contributed by atoms with Gasteiger partial charge in [-0.3, -0.25) is 19.2 Å². The highest BCUT2D eigenvalue weighted by Crippen LogP contribution is 2.24. The summed E-state index contributed by atoms with van der Waals surface area (Å²) >= 11 is 12.4. The molecule has 146 valence electrons. The van der Waals surface area contributed by atoms with Gasteiger partial charge in [0.2, 0.25) is 5.91 Å². The van der Waals surface area contributed by atoms with E-state index in [1.807, 2.05) is 0 Å². The topological polar surface area (TPSA) is 127 Å². The van der Waals surface area contributed by atoms with Crippen LogP contribution in [0.5, 0.6) is 0 Å². The number of nitrogens with one attached hydrogen (secondary N) is 1. The lowest BCUT2D eigenvalue weighted by Crippen LogP contribution is -2.44. The predicted molar refractivity (Wildman–Crippen MR) is 99.1 cm³/mol. The number of ketones is 1. The number of benzene rings is 1. The Kier molecular flexibility index (Phi) is 9.27. The second-order valence-corrected chi connectivity index (χ2v) is 7.10. The number of Topliss-reactive ketones (excluding diaryl/α,β-unsaturated/α-hetero) is 1. The van der Waals surface area contributed by atoms with Crippen molar-refractivity contribution in [1.29, 1.82) is 0 Å². The van der Waals surface area contributed by atoms with Crippen molar-refractivity contribution < 1.29 is 33.8 Å². The molecule has 11 heteroatoms. The molecule has 0 aromatic heterocycles. The molecule has 0 bridgehead atoms. The van der Waals surface area contributed by atoms with Gasteiger partial charge in [-0.15, -0.1) is 0 Å². The number of amides is 1. The number of carboxylic acids is 1. The molecule has 0 aliphatic rings. The maximum Gasteiger partial charge on any atom is 0.341 e. The van der Waals surface area contributed by atoms with Gasteiger partial charge in [0.1, 0.15) is 6.04 Å². The van der Waals surface area contributed by atoms with Crippen molar-refractivity contribution >= 4 is 63.7 Å². The zero-order chi connectivity index (χ0) is 20.6. The van der Waals surface area contributed by atoms with E-state index in [2.05, 4.69) is 5.32 Å². The van der Waals surface area contributed by atoms with Gasteiger partial charge in [-0.1, -0.05) is 41.0 Å². The van der Waals surface area contributed by atoms with E-state index in [0.717, 1.165) is 0 Å². The van der Waals surface area contributed by atoms with Crippen molar-refractivity contribution in [2.24, 2.45) is 0 Å². The van der Waals surface area contributed by atoms with Crippen molar-refractivity contribution in [2.45, 2.75) is 19.4 Å². The van der Waals surface area contributed by atoms with Crippen molar-refractivity contribution in [2.75, 3.05) is 12.4 Å². The lowest BCUT2D eigenvalue weighted by Gasteiger charge is -2.16. The second-order valence-electron chi connectivity index (χ2n) is 5.14. The number of ether oxygens (including phenoxy) is 1. The molecule has 0 spiro atoms. The Morgan fingerprint density at radius 1 is 1.19 bits per heavy atom. The van der Waals surface area contributed by atoms with Crippen LogP contribution < -0.4 is 5.32 Å². The minimum atomic E-state index is -1.42. The molecule has 8 nitrogen and oxygen atoms in total. The molecule has 1 aromatic rings. The molecule has 1 amide bonds. The summed E-state index contributed by atoms with van der Waals surface area (Å²) in [5.41, 5.74) is -0.134. The standard InChI is InChI=1S/C16H15Cl2NO7S/c1-8(20)27-7-13(22)19-11(5-14(23)24)12(21)6-26-16(25)15-9(17)3-2-4-10(15)18/h2-4,11H,5-7H2,1H3,(H,19,22)(H,23,24)/t11-/m0/s1. The molecule has 27 heavy (non-hydrogen) atoms. The third kappa shape index (κ3) is 7.98. The molecule has 0 saturated heterocycles. The van der Waals surface area contributed by atoms with Crippen LogP contribution in [0.1, 0.15) is 23.7 Å². The number of halogens is 2. The first kappa shape index (κ1) is 22.9. The molecule has 1 rings (SSSR count). The van der Waals surface area contributed by atoms with E-state index < -0.39 is 42.7 Å². The van der Waals surface area contributed by atoms with Crippen LogP contribution in [0.25, 0.3) is 0 Å². The van der Waals surface area contributed by atoms with E-state index in [1.165, 1.54) is 25.1 Å². The molecule has 0 radical (unpaired) electrons. The van der Waals surface area contributed by atoms with Gasteiger partial charge in [0.15, 0.2) is 17.5 Å². The first-order chi connectivity index (χ1) is 12.6. The van der Waals surface area contributed by atoms with Crippen molar-refractivity contribution in [3.05, 3.63) is 33.8 Å². The van der Waals surface area contributed by atoms with Crippen LogP contribution in [0.4, 0.5) is 0 Å². The molecule has 0 saturated carbocycles. The highest BCUT2D eigenvalue weighted by atomic mass is 35.5. The van der Waals surface area contributed by atoms with E-state index in [9.17, 15) is 24.0 Å². The average molecular weight is 436 g/mol. The number of carboxylic acid groups (broad SMARTS) is 1. The monoisotopic (exact) mass is 435 g/mol. The number of carbonyl (C=O) groups excluding carboxylic acids is 4. The Morgan fingerprint density at radius 3 is 2.30 bits per heavy atom. The molecule has 1 atom stereocenters. The predicted octanol–water partition coefficient (Wildman–Crippen LogP) is 1.96. The minimum absolute atomic E-state index is 0.0246. The van der Waals surface area contributed by atoms with Crippen LogP contribution in [0.15, 0.2) is 18.2 Å². The summed E-state index contributed by atoms with van der Waals surface area (Å²) in [5, 5.41) is 10.8. The fourth-order valence-corrected chi connectivity index (χ4v) is 2.79. The Hall–Kier alpha value is -2.10. The number of hydrogen-bond donors (Lipinski definition) is 2. The quantitative estimate of drug-likeness (QED) is 0.563. The number of aliphatic carboxylic acids is 1. The highest BCUT2D eigenvalue weighted by Gasteiger charge is 2.26. The van der Waals surface area contributed by atoms with Gasteiger partial charge in [-0.25, -0.2) is 4.79 Å². The summed E-state index contributed by atoms with van der Waals surface area (Å²) in [6.07, 6.45) is -0.709. The number of thioether (sulfide) groups is 1. The molecule has 0 aliphatic carbocycles. The summed E-state index contributed by atoms with van der Waals surface area (Å²) in [6, 6.07) is 2.92. The maximum absolute atomic E-state index is 12.2. The van der Waals surface area contributed by atoms with Gasteiger partial charge in [0.05, 0.1) is 27.8 Å². The number of rotatable bonds is 9. The molecule has 2 N–H and O–H groups in total. The Balaban J connectivity index is 2.73. The van der Waals surface area contributed by atoms with Crippen molar-refractivity contribution in [3.63, 3.8) is 0 Å². The van der Waals surface area contributed by atoms with Gasteiger partial charge in [0, 0.05) is 6.92 Å². The fraction of sp³-hybridized carbons (Fsp3) is 0.312. The Bertz CT molecular complexity index is 749. The smallest absolute Gasteiger partial charge is 0.341 e. The Labute approximate surface area is 168 Å². The number of hydrogen-bond acceptors (Lipinski definition) is 7. The zero-order valence-corrected chi connectivity index (χ0v) is 16.3. The average Bonchev–Trinajstić information content (AvgIpc) is 2.56. The van der Waals surface area contributed by atoms with E-state index in [-0.39, 0.29) is 26.5 Å². The van der Waals surface area contributed by atoms with E-state index >= 15 is 0 Å². The van der Waals surface area contributed by atoms with Crippen LogP contribution in [0.2, 0.25) is 10.0 Å². The van der Waals surface area contributed by atoms with E-state index in [1.54, 1.807) is 0 Å². The summed E-state index contributed by atoms with van der Waals surface area (Å²) < 4.78 is 4.83. The van der Waals surface area contributed by atoms with Crippen LogP contribution >= 0.6 is 35.0 Å². The van der Waals surface area contributed by atoms with Crippen LogP contribution in [0, 0.1) is 0 Å². The molecule has 0 unspecified atom stereocenters. The normalized spacial score (nSPS) is 11.4. The molecular formula is C16H15Cl2NO7S. The first-order valence-electron chi connectivity index (χ1n) is 7.40.